The number of aromatic nitrogens is 3. The van der Waals surface area contributed by atoms with Crippen LogP contribution in [-0.2, 0) is 4.74 Å². The standard InChI is InChI=1S/C27H28N6O2/c28-26-24(27(29)34)25(31-33(26)21-15-20(16-21)32-10-12-35-13-11-32)19-7-6-18-8-9-22(30-23(18)14-19)17-4-2-1-3-5-17/h1-9,14,20-21H,10-13,15-16,28H2,(H2,29,34). The van der Waals surface area contributed by atoms with Gasteiger partial charge in [0.05, 0.1) is 30.5 Å². The van der Waals surface area contributed by atoms with Crippen LogP contribution in [0.5, 0.6) is 0 Å². The lowest BCUT2D eigenvalue weighted by atomic mass is 9.85. The van der Waals surface area contributed by atoms with E-state index in [4.69, 9.17) is 26.3 Å². The molecule has 1 aliphatic carbocycles. The molecule has 4 N–H and O–H groups in total. The highest BCUT2D eigenvalue weighted by atomic mass is 16.5. The minimum Gasteiger partial charge on any atom is -0.383 e. The van der Waals surface area contributed by atoms with Crippen LogP contribution >= 0.6 is 0 Å². The molecule has 35 heavy (non-hydrogen) atoms. The highest BCUT2D eigenvalue weighted by Crippen LogP contribution is 2.40. The lowest BCUT2D eigenvalue weighted by Gasteiger charge is -2.44. The number of fused-ring (bicyclic) bond motifs is 1. The summed E-state index contributed by atoms with van der Waals surface area (Å²) in [6.45, 7) is 3.48. The number of pyridine rings is 1. The number of rotatable bonds is 5. The number of ether oxygens (including phenoxy) is 1. The van der Waals surface area contributed by atoms with Gasteiger partial charge < -0.3 is 16.2 Å². The van der Waals surface area contributed by atoms with Crippen molar-refractivity contribution >= 4 is 22.6 Å². The monoisotopic (exact) mass is 468 g/mol. The molecule has 3 heterocycles. The third-order valence-corrected chi connectivity index (χ3v) is 7.23. The molecule has 0 radical (unpaired) electrons. The molecule has 2 aliphatic rings. The van der Waals surface area contributed by atoms with Crippen molar-refractivity contribution in [3.8, 4) is 22.5 Å². The first-order valence-electron chi connectivity index (χ1n) is 12.0. The molecule has 8 nitrogen and oxygen atoms in total. The Kier molecular flexibility index (Phi) is 5.47. The van der Waals surface area contributed by atoms with E-state index in [0.717, 1.165) is 66.9 Å². The number of amides is 1. The fourth-order valence-electron chi connectivity index (χ4n) is 5.20. The summed E-state index contributed by atoms with van der Waals surface area (Å²) in [5, 5.41) is 5.82. The van der Waals surface area contributed by atoms with Crippen LogP contribution in [0.4, 0.5) is 5.82 Å². The van der Waals surface area contributed by atoms with Gasteiger partial charge in [-0.3, -0.25) is 9.69 Å². The van der Waals surface area contributed by atoms with Crippen molar-refractivity contribution in [1.29, 1.82) is 0 Å². The molecule has 8 heteroatoms. The molecule has 178 valence electrons. The van der Waals surface area contributed by atoms with Crippen LogP contribution in [0.25, 0.3) is 33.4 Å². The second-order valence-electron chi connectivity index (χ2n) is 9.32. The molecule has 2 aromatic carbocycles. The minimum atomic E-state index is -0.570. The molecular formula is C27H28N6O2. The number of nitrogens with zero attached hydrogens (tertiary/aromatic N) is 4. The first-order chi connectivity index (χ1) is 17.1. The van der Waals surface area contributed by atoms with Crippen molar-refractivity contribution in [2.24, 2.45) is 5.73 Å². The molecule has 4 aromatic rings. The van der Waals surface area contributed by atoms with E-state index in [1.807, 2.05) is 54.6 Å². The SMILES string of the molecule is NC(=O)c1c(-c2ccc3ccc(-c4ccccc4)nc3c2)nn(C2CC(N3CCOCC3)C2)c1N. The van der Waals surface area contributed by atoms with Crippen LogP contribution < -0.4 is 11.5 Å². The smallest absolute Gasteiger partial charge is 0.254 e. The highest BCUT2D eigenvalue weighted by Gasteiger charge is 2.38. The zero-order chi connectivity index (χ0) is 23.9. The van der Waals surface area contributed by atoms with E-state index in [1.54, 1.807) is 4.68 Å². The lowest BCUT2D eigenvalue weighted by molar-refractivity contribution is -0.0159. The van der Waals surface area contributed by atoms with Gasteiger partial charge in [0.1, 0.15) is 17.1 Å². The van der Waals surface area contributed by atoms with E-state index >= 15 is 0 Å². The largest absolute Gasteiger partial charge is 0.383 e. The average Bonchev–Trinajstić information content (AvgIpc) is 3.20. The third kappa shape index (κ3) is 3.94. The van der Waals surface area contributed by atoms with Gasteiger partial charge in [-0.2, -0.15) is 5.10 Å². The highest BCUT2D eigenvalue weighted by molar-refractivity contribution is 6.04. The summed E-state index contributed by atoms with van der Waals surface area (Å²) in [4.78, 5) is 19.8. The van der Waals surface area contributed by atoms with Crippen molar-refractivity contribution in [2.45, 2.75) is 24.9 Å². The Bertz CT molecular complexity index is 1390. The molecule has 0 spiro atoms. The number of anilines is 1. The molecule has 0 unspecified atom stereocenters. The number of hydrogen-bond donors (Lipinski definition) is 2. The Morgan fingerprint density at radius 2 is 1.69 bits per heavy atom. The van der Waals surface area contributed by atoms with Gasteiger partial charge in [-0.05, 0) is 25.0 Å². The number of carbonyl (C=O) groups is 1. The van der Waals surface area contributed by atoms with Crippen molar-refractivity contribution < 1.29 is 9.53 Å². The zero-order valence-electron chi connectivity index (χ0n) is 19.4. The van der Waals surface area contributed by atoms with Crippen molar-refractivity contribution in [1.82, 2.24) is 19.7 Å². The van der Waals surface area contributed by atoms with Gasteiger partial charge in [0.25, 0.3) is 5.91 Å². The predicted octanol–water partition coefficient (Wildman–Crippen LogP) is 3.48. The summed E-state index contributed by atoms with van der Waals surface area (Å²) in [6, 6.07) is 20.7. The minimum absolute atomic E-state index is 0.151. The first-order valence-corrected chi connectivity index (χ1v) is 12.0. The van der Waals surface area contributed by atoms with E-state index in [1.165, 1.54) is 0 Å². The van der Waals surface area contributed by atoms with Crippen LogP contribution in [0.3, 0.4) is 0 Å². The van der Waals surface area contributed by atoms with Crippen LogP contribution in [0, 0.1) is 0 Å². The zero-order valence-corrected chi connectivity index (χ0v) is 19.4. The van der Waals surface area contributed by atoms with E-state index in [0.29, 0.717) is 17.6 Å². The Hall–Kier alpha value is -3.75. The molecule has 0 bridgehead atoms. The second-order valence-corrected chi connectivity index (χ2v) is 9.32. The average molecular weight is 469 g/mol. The second kappa shape index (κ2) is 8.79. The fraction of sp³-hybridized carbons (Fsp3) is 0.296. The number of nitrogen functional groups attached to an aromatic ring is 1. The van der Waals surface area contributed by atoms with E-state index in [9.17, 15) is 4.79 Å². The van der Waals surface area contributed by atoms with Gasteiger partial charge in [-0.25, -0.2) is 9.67 Å². The predicted molar refractivity (Wildman–Crippen MR) is 136 cm³/mol. The van der Waals surface area contributed by atoms with E-state index in [2.05, 4.69) is 11.0 Å². The summed E-state index contributed by atoms with van der Waals surface area (Å²) in [7, 11) is 0. The Labute approximate surface area is 203 Å². The van der Waals surface area contributed by atoms with Crippen molar-refractivity contribution in [3.05, 3.63) is 66.2 Å². The Morgan fingerprint density at radius 3 is 2.43 bits per heavy atom. The molecule has 6 rings (SSSR count). The molecule has 1 amide bonds. The lowest BCUT2D eigenvalue weighted by Crippen LogP contribution is -2.50. The van der Waals surface area contributed by atoms with Crippen LogP contribution in [-0.4, -0.2) is 57.9 Å². The van der Waals surface area contributed by atoms with Gasteiger partial charge >= 0.3 is 0 Å². The topological polar surface area (TPSA) is 112 Å². The quantitative estimate of drug-likeness (QED) is 0.464. The number of carbonyl (C=O) groups excluding carboxylic acids is 1. The molecule has 2 fully saturated rings. The number of nitrogens with two attached hydrogens (primary N) is 2. The summed E-state index contributed by atoms with van der Waals surface area (Å²) in [6.07, 6.45) is 1.90. The van der Waals surface area contributed by atoms with Gasteiger partial charge in [-0.1, -0.05) is 48.5 Å². The number of morpholine rings is 1. The van der Waals surface area contributed by atoms with Crippen LogP contribution in [0.15, 0.2) is 60.7 Å². The Balaban J connectivity index is 1.33. The van der Waals surface area contributed by atoms with Gasteiger partial charge in [0, 0.05) is 35.6 Å². The summed E-state index contributed by atoms with van der Waals surface area (Å²) in [5.74, 6) is -0.233. The maximum atomic E-state index is 12.4. The fourth-order valence-corrected chi connectivity index (χ4v) is 5.20. The van der Waals surface area contributed by atoms with Crippen molar-refractivity contribution in [3.63, 3.8) is 0 Å². The third-order valence-electron chi connectivity index (χ3n) is 7.23. The van der Waals surface area contributed by atoms with Gasteiger partial charge in [-0.15, -0.1) is 0 Å². The number of hydrogen-bond acceptors (Lipinski definition) is 6. The molecule has 0 atom stereocenters. The summed E-state index contributed by atoms with van der Waals surface area (Å²) in [5.41, 5.74) is 16.5. The molecular weight excluding hydrogens is 440 g/mol. The molecule has 1 saturated carbocycles. The van der Waals surface area contributed by atoms with Gasteiger partial charge in [0.2, 0.25) is 0 Å². The maximum absolute atomic E-state index is 12.4. The van der Waals surface area contributed by atoms with Crippen molar-refractivity contribution in [2.75, 3.05) is 32.0 Å². The van der Waals surface area contributed by atoms with E-state index < -0.39 is 5.91 Å². The maximum Gasteiger partial charge on any atom is 0.254 e. The molecule has 1 aliphatic heterocycles. The molecule has 1 saturated heterocycles. The summed E-state index contributed by atoms with van der Waals surface area (Å²) < 4.78 is 7.27. The van der Waals surface area contributed by atoms with E-state index in [-0.39, 0.29) is 11.6 Å². The van der Waals surface area contributed by atoms with Crippen LogP contribution in [0.1, 0.15) is 29.2 Å². The number of benzene rings is 2. The van der Waals surface area contributed by atoms with Gasteiger partial charge in [0.15, 0.2) is 0 Å². The normalized spacial score (nSPS) is 20.6. The van der Waals surface area contributed by atoms with Crippen LogP contribution in [0.2, 0.25) is 0 Å². The first kappa shape index (κ1) is 21.8. The molecule has 2 aromatic heterocycles. The number of primary amides is 1. The Morgan fingerprint density at radius 1 is 0.943 bits per heavy atom. The summed E-state index contributed by atoms with van der Waals surface area (Å²) >= 11 is 0.